The van der Waals surface area contributed by atoms with Crippen molar-refractivity contribution in [3.63, 3.8) is 0 Å². The largest absolute Gasteiger partial charge is 0.382 e. The van der Waals surface area contributed by atoms with E-state index in [1.807, 2.05) is 0 Å². The Balaban J connectivity index is 1.39. The molecule has 1 N–H and O–H groups in total. The molecular weight excluding hydrogens is 280 g/mol. The second-order valence-corrected chi connectivity index (χ2v) is 6.93. The Bertz CT molecular complexity index is 629. The molecule has 0 aromatic heterocycles. The number of piperidine rings is 1. The molecule has 1 fully saturated rings. The lowest BCUT2D eigenvalue weighted by molar-refractivity contribution is 0.143. The first-order chi connectivity index (χ1) is 11.4. The summed E-state index contributed by atoms with van der Waals surface area (Å²) in [5.41, 5.74) is 4.43. The van der Waals surface area contributed by atoms with Gasteiger partial charge in [0.05, 0.1) is 0 Å². The van der Waals surface area contributed by atoms with Gasteiger partial charge in [-0.1, -0.05) is 42.5 Å². The fourth-order valence-electron chi connectivity index (χ4n) is 4.23. The Morgan fingerprint density at radius 3 is 2.39 bits per heavy atom. The van der Waals surface area contributed by atoms with Crippen LogP contribution in [0.4, 0.5) is 5.69 Å². The molecular formula is C21H26N2. The summed E-state index contributed by atoms with van der Waals surface area (Å²) in [6, 6.07) is 21.0. The van der Waals surface area contributed by atoms with Crippen LogP contribution in [0, 0.1) is 0 Å². The van der Waals surface area contributed by atoms with Crippen molar-refractivity contribution < 1.29 is 0 Å². The van der Waals surface area contributed by atoms with E-state index in [0.717, 1.165) is 0 Å². The predicted octanol–water partition coefficient (Wildman–Crippen LogP) is 4.64. The molecule has 0 bridgehead atoms. The first kappa shape index (κ1) is 14.8. The van der Waals surface area contributed by atoms with Gasteiger partial charge in [-0.3, -0.25) is 4.90 Å². The van der Waals surface area contributed by atoms with E-state index in [1.165, 1.54) is 50.9 Å². The van der Waals surface area contributed by atoms with Crippen molar-refractivity contribution in [3.05, 3.63) is 65.7 Å². The van der Waals surface area contributed by atoms with Crippen LogP contribution >= 0.6 is 0 Å². The van der Waals surface area contributed by atoms with Crippen molar-refractivity contribution in [2.24, 2.45) is 0 Å². The molecule has 2 aliphatic rings. The summed E-state index contributed by atoms with van der Waals surface area (Å²) in [5, 5.41) is 3.70. The fraction of sp³-hybridized carbons (Fsp3) is 0.429. The van der Waals surface area contributed by atoms with Crippen LogP contribution in [-0.2, 0) is 6.42 Å². The summed E-state index contributed by atoms with van der Waals surface area (Å²) >= 11 is 0. The Morgan fingerprint density at radius 2 is 1.57 bits per heavy atom. The normalized spacial score (nSPS) is 22.5. The van der Waals surface area contributed by atoms with Gasteiger partial charge in [0.25, 0.3) is 0 Å². The van der Waals surface area contributed by atoms with E-state index in [2.05, 4.69) is 64.8 Å². The van der Waals surface area contributed by atoms with Crippen LogP contribution in [0.5, 0.6) is 0 Å². The fourth-order valence-corrected chi connectivity index (χ4v) is 4.23. The Morgan fingerprint density at radius 1 is 0.826 bits per heavy atom. The van der Waals surface area contributed by atoms with Crippen molar-refractivity contribution >= 4 is 5.69 Å². The van der Waals surface area contributed by atoms with E-state index in [-0.39, 0.29) is 0 Å². The lowest BCUT2D eigenvalue weighted by atomic mass is 9.86. The molecule has 0 unspecified atom stereocenters. The highest BCUT2D eigenvalue weighted by Crippen LogP contribution is 2.35. The molecule has 1 atom stereocenters. The number of nitrogens with zero attached hydrogens (tertiary/aromatic N) is 1. The van der Waals surface area contributed by atoms with Gasteiger partial charge in [0, 0.05) is 30.9 Å². The zero-order valence-corrected chi connectivity index (χ0v) is 13.7. The van der Waals surface area contributed by atoms with Gasteiger partial charge in [-0.25, -0.2) is 0 Å². The molecule has 0 saturated carbocycles. The molecule has 23 heavy (non-hydrogen) atoms. The highest BCUT2D eigenvalue weighted by molar-refractivity contribution is 5.43. The number of hydrogen-bond acceptors (Lipinski definition) is 2. The van der Waals surface area contributed by atoms with E-state index >= 15 is 0 Å². The number of anilines is 1. The third kappa shape index (κ3) is 3.28. The molecule has 120 valence electrons. The Labute approximate surface area is 139 Å². The standard InChI is InChI=1S/C21H26N2/c1-2-9-18(10-3-1)22-19-13-15-23(16-14-19)21-12-6-8-17-7-4-5-11-20(17)21/h1-5,7,9-11,19,21-22H,6,8,12-16H2/t21-/m1/s1. The van der Waals surface area contributed by atoms with Gasteiger partial charge >= 0.3 is 0 Å². The molecule has 2 aromatic carbocycles. The lowest BCUT2D eigenvalue weighted by Gasteiger charge is -2.40. The highest BCUT2D eigenvalue weighted by atomic mass is 15.2. The van der Waals surface area contributed by atoms with Crippen molar-refractivity contribution in [1.82, 2.24) is 4.90 Å². The topological polar surface area (TPSA) is 15.3 Å². The quantitative estimate of drug-likeness (QED) is 0.888. The average Bonchev–Trinajstić information content (AvgIpc) is 2.63. The lowest BCUT2D eigenvalue weighted by Crippen LogP contribution is -2.41. The van der Waals surface area contributed by atoms with Crippen LogP contribution in [0.25, 0.3) is 0 Å². The maximum atomic E-state index is 3.70. The van der Waals surface area contributed by atoms with Crippen LogP contribution in [-0.4, -0.2) is 24.0 Å². The molecule has 4 rings (SSSR count). The van der Waals surface area contributed by atoms with Gasteiger partial charge in [0.1, 0.15) is 0 Å². The van der Waals surface area contributed by atoms with Gasteiger partial charge in [-0.15, -0.1) is 0 Å². The molecule has 1 aliphatic heterocycles. The SMILES string of the molecule is c1ccc(NC2CCN([C@@H]3CCCc4ccccc43)CC2)cc1. The van der Waals surface area contributed by atoms with Crippen LogP contribution < -0.4 is 5.32 Å². The van der Waals surface area contributed by atoms with E-state index in [9.17, 15) is 0 Å². The first-order valence-electron chi connectivity index (χ1n) is 9.03. The molecule has 1 saturated heterocycles. The minimum absolute atomic E-state index is 0.618. The van der Waals surface area contributed by atoms with E-state index in [0.29, 0.717) is 12.1 Å². The zero-order valence-electron chi connectivity index (χ0n) is 13.7. The zero-order chi connectivity index (χ0) is 15.5. The van der Waals surface area contributed by atoms with Gasteiger partial charge in [-0.05, 0) is 55.4 Å². The number of para-hydroxylation sites is 1. The minimum Gasteiger partial charge on any atom is -0.382 e. The number of aryl methyl sites for hydroxylation is 1. The number of hydrogen-bond donors (Lipinski definition) is 1. The summed E-state index contributed by atoms with van der Waals surface area (Å²) < 4.78 is 0. The molecule has 2 nitrogen and oxygen atoms in total. The Kier molecular flexibility index (Phi) is 4.34. The van der Waals surface area contributed by atoms with Crippen molar-refractivity contribution in [1.29, 1.82) is 0 Å². The number of fused-ring (bicyclic) bond motifs is 1. The third-order valence-corrected chi connectivity index (χ3v) is 5.45. The van der Waals surface area contributed by atoms with Crippen LogP contribution in [0.15, 0.2) is 54.6 Å². The van der Waals surface area contributed by atoms with Gasteiger partial charge in [0.2, 0.25) is 0 Å². The molecule has 0 spiro atoms. The summed E-state index contributed by atoms with van der Waals surface area (Å²) in [6.07, 6.45) is 6.41. The second-order valence-electron chi connectivity index (χ2n) is 6.93. The van der Waals surface area contributed by atoms with Crippen molar-refractivity contribution in [2.45, 2.75) is 44.2 Å². The van der Waals surface area contributed by atoms with Gasteiger partial charge in [-0.2, -0.15) is 0 Å². The molecule has 2 heteroatoms. The van der Waals surface area contributed by atoms with Gasteiger partial charge in [0.15, 0.2) is 0 Å². The molecule has 0 radical (unpaired) electrons. The molecule has 1 heterocycles. The monoisotopic (exact) mass is 306 g/mol. The van der Waals surface area contributed by atoms with Crippen LogP contribution in [0.3, 0.4) is 0 Å². The number of likely N-dealkylation sites (tertiary alicyclic amines) is 1. The predicted molar refractivity (Wildman–Crippen MR) is 96.8 cm³/mol. The van der Waals surface area contributed by atoms with Crippen molar-refractivity contribution in [3.8, 4) is 0 Å². The number of nitrogens with one attached hydrogen (secondary N) is 1. The molecule has 2 aromatic rings. The smallest absolute Gasteiger partial charge is 0.0350 e. The summed E-state index contributed by atoms with van der Waals surface area (Å²) in [7, 11) is 0. The van der Waals surface area contributed by atoms with Gasteiger partial charge < -0.3 is 5.32 Å². The summed E-state index contributed by atoms with van der Waals surface area (Å²) in [6.45, 7) is 2.42. The van der Waals surface area contributed by atoms with E-state index in [4.69, 9.17) is 0 Å². The van der Waals surface area contributed by atoms with E-state index < -0.39 is 0 Å². The maximum Gasteiger partial charge on any atom is 0.0350 e. The van der Waals surface area contributed by atoms with Crippen LogP contribution in [0.1, 0.15) is 42.9 Å². The van der Waals surface area contributed by atoms with Crippen LogP contribution in [0.2, 0.25) is 0 Å². The highest BCUT2D eigenvalue weighted by Gasteiger charge is 2.29. The molecule has 1 aliphatic carbocycles. The summed E-state index contributed by atoms with van der Waals surface area (Å²) in [4.78, 5) is 2.72. The average molecular weight is 306 g/mol. The number of rotatable bonds is 3. The second kappa shape index (κ2) is 6.76. The van der Waals surface area contributed by atoms with Crippen molar-refractivity contribution in [2.75, 3.05) is 18.4 Å². The van der Waals surface area contributed by atoms with E-state index in [1.54, 1.807) is 11.1 Å². The Hall–Kier alpha value is -1.80. The molecule has 0 amide bonds. The number of benzene rings is 2. The first-order valence-corrected chi connectivity index (χ1v) is 9.03. The summed E-state index contributed by atoms with van der Waals surface area (Å²) in [5.74, 6) is 0. The minimum atomic E-state index is 0.618. The maximum absolute atomic E-state index is 3.70. The third-order valence-electron chi connectivity index (χ3n) is 5.45.